The quantitative estimate of drug-likeness (QED) is 0.718. The molecule has 1 fully saturated rings. The van der Waals surface area contributed by atoms with Gasteiger partial charge in [-0.2, -0.15) is 4.72 Å². The van der Waals surface area contributed by atoms with Crippen LogP contribution in [0.25, 0.3) is 0 Å². The number of carbonyl (C=O) groups excluding carboxylic acids is 1. The first-order valence-electron chi connectivity index (χ1n) is 6.98. The van der Waals surface area contributed by atoms with Crippen molar-refractivity contribution in [3.05, 3.63) is 29.8 Å². The van der Waals surface area contributed by atoms with Crippen LogP contribution in [0.4, 0.5) is 0 Å². The SMILES string of the molecule is CC(NS(=O)(=O)c1ccc(C(C)N)cc1)C(=O)NC1CC1. The van der Waals surface area contributed by atoms with E-state index < -0.39 is 16.1 Å². The van der Waals surface area contributed by atoms with Crippen LogP contribution in [-0.4, -0.2) is 26.4 Å². The second-order valence-electron chi connectivity index (χ2n) is 5.48. The molecule has 2 rings (SSSR count). The maximum atomic E-state index is 12.2. The number of carbonyl (C=O) groups is 1. The molecule has 0 aromatic heterocycles. The minimum Gasteiger partial charge on any atom is -0.352 e. The molecule has 1 aromatic rings. The Balaban J connectivity index is 2.04. The van der Waals surface area contributed by atoms with Crippen molar-refractivity contribution < 1.29 is 13.2 Å². The summed E-state index contributed by atoms with van der Waals surface area (Å²) in [6, 6.07) is 5.58. The summed E-state index contributed by atoms with van der Waals surface area (Å²) in [6.45, 7) is 3.36. The largest absolute Gasteiger partial charge is 0.352 e. The molecule has 0 heterocycles. The van der Waals surface area contributed by atoms with Gasteiger partial charge in [0, 0.05) is 12.1 Å². The highest BCUT2D eigenvalue weighted by Gasteiger charge is 2.28. The molecule has 4 N–H and O–H groups in total. The molecule has 1 amide bonds. The molecule has 7 heteroatoms. The van der Waals surface area contributed by atoms with Crippen molar-refractivity contribution in [1.82, 2.24) is 10.0 Å². The first-order valence-corrected chi connectivity index (χ1v) is 8.46. The van der Waals surface area contributed by atoms with Crippen molar-refractivity contribution in [3.8, 4) is 0 Å². The van der Waals surface area contributed by atoms with Crippen LogP contribution in [-0.2, 0) is 14.8 Å². The van der Waals surface area contributed by atoms with E-state index in [2.05, 4.69) is 10.0 Å². The van der Waals surface area contributed by atoms with Gasteiger partial charge < -0.3 is 11.1 Å². The molecule has 2 unspecified atom stereocenters. The molecule has 0 saturated heterocycles. The zero-order valence-electron chi connectivity index (χ0n) is 12.2. The topological polar surface area (TPSA) is 101 Å². The number of amides is 1. The Morgan fingerprint density at radius 3 is 2.29 bits per heavy atom. The summed E-state index contributed by atoms with van der Waals surface area (Å²) < 4.78 is 26.8. The molecule has 0 radical (unpaired) electrons. The predicted octanol–water partition coefficient (Wildman–Crippen LogP) is 0.652. The lowest BCUT2D eigenvalue weighted by molar-refractivity contribution is -0.122. The van der Waals surface area contributed by atoms with Gasteiger partial charge in [-0.1, -0.05) is 12.1 Å². The molecular formula is C14H21N3O3S. The molecule has 0 spiro atoms. The third-order valence-corrected chi connectivity index (χ3v) is 4.92. The molecule has 21 heavy (non-hydrogen) atoms. The Labute approximate surface area is 125 Å². The number of nitrogens with one attached hydrogen (secondary N) is 2. The summed E-state index contributed by atoms with van der Waals surface area (Å²) in [7, 11) is -3.71. The number of rotatable bonds is 6. The van der Waals surface area contributed by atoms with Gasteiger partial charge >= 0.3 is 0 Å². The third-order valence-electron chi connectivity index (χ3n) is 3.37. The van der Waals surface area contributed by atoms with Gasteiger partial charge in [0.1, 0.15) is 0 Å². The zero-order valence-corrected chi connectivity index (χ0v) is 13.0. The molecule has 0 bridgehead atoms. The van der Waals surface area contributed by atoms with E-state index in [0.717, 1.165) is 18.4 Å². The summed E-state index contributed by atoms with van der Waals surface area (Å²) in [5.41, 5.74) is 6.58. The zero-order chi connectivity index (χ0) is 15.6. The summed E-state index contributed by atoms with van der Waals surface area (Å²) >= 11 is 0. The summed E-state index contributed by atoms with van der Waals surface area (Å²) in [4.78, 5) is 11.9. The summed E-state index contributed by atoms with van der Waals surface area (Å²) in [5, 5.41) is 2.77. The van der Waals surface area contributed by atoms with Crippen molar-refractivity contribution in [1.29, 1.82) is 0 Å². The predicted molar refractivity (Wildman–Crippen MR) is 80.0 cm³/mol. The van der Waals surface area contributed by atoms with Crippen molar-refractivity contribution in [3.63, 3.8) is 0 Å². The maximum Gasteiger partial charge on any atom is 0.241 e. The van der Waals surface area contributed by atoms with E-state index in [0.29, 0.717) is 0 Å². The third kappa shape index (κ3) is 4.26. The molecule has 0 aliphatic heterocycles. The van der Waals surface area contributed by atoms with Crippen LogP contribution < -0.4 is 15.8 Å². The fraction of sp³-hybridized carbons (Fsp3) is 0.500. The van der Waals surface area contributed by atoms with E-state index >= 15 is 0 Å². The number of benzene rings is 1. The number of hydrogen-bond acceptors (Lipinski definition) is 4. The van der Waals surface area contributed by atoms with E-state index in [1.807, 2.05) is 6.92 Å². The number of nitrogens with two attached hydrogens (primary N) is 1. The van der Waals surface area contributed by atoms with Crippen LogP contribution >= 0.6 is 0 Å². The molecule has 116 valence electrons. The molecule has 1 aliphatic carbocycles. The Kier molecular flexibility index (Phi) is 4.65. The van der Waals surface area contributed by atoms with Crippen molar-refractivity contribution in [2.24, 2.45) is 5.73 Å². The lowest BCUT2D eigenvalue weighted by atomic mass is 10.1. The van der Waals surface area contributed by atoms with Crippen molar-refractivity contribution in [2.45, 2.75) is 49.7 Å². The second kappa shape index (κ2) is 6.13. The van der Waals surface area contributed by atoms with Crippen molar-refractivity contribution >= 4 is 15.9 Å². The fourth-order valence-corrected chi connectivity index (χ4v) is 3.06. The lowest BCUT2D eigenvalue weighted by Gasteiger charge is -2.14. The Bertz CT molecular complexity index is 607. The monoisotopic (exact) mass is 311 g/mol. The molecule has 6 nitrogen and oxygen atoms in total. The van der Waals surface area contributed by atoms with Crippen LogP contribution in [0.1, 0.15) is 38.3 Å². The normalized spacial score (nSPS) is 18.0. The Hall–Kier alpha value is -1.44. The fourth-order valence-electron chi connectivity index (χ4n) is 1.86. The average molecular weight is 311 g/mol. The van der Waals surface area contributed by atoms with Gasteiger partial charge in [0.25, 0.3) is 0 Å². The highest BCUT2D eigenvalue weighted by Crippen LogP contribution is 2.19. The van der Waals surface area contributed by atoms with Crippen LogP contribution in [0.2, 0.25) is 0 Å². The number of hydrogen-bond donors (Lipinski definition) is 3. The van der Waals surface area contributed by atoms with E-state index in [1.165, 1.54) is 19.1 Å². The molecule has 1 aliphatic rings. The molecule has 1 saturated carbocycles. The van der Waals surface area contributed by atoms with Gasteiger partial charge in [-0.05, 0) is 44.4 Å². The minimum absolute atomic E-state index is 0.123. The van der Waals surface area contributed by atoms with Gasteiger partial charge in [-0.25, -0.2) is 8.42 Å². The van der Waals surface area contributed by atoms with Gasteiger partial charge in [0.15, 0.2) is 0 Å². The minimum atomic E-state index is -3.71. The molecule has 1 aromatic carbocycles. The smallest absolute Gasteiger partial charge is 0.241 e. The second-order valence-corrected chi connectivity index (χ2v) is 7.20. The standard InChI is InChI=1S/C14H21N3O3S/c1-9(15)11-3-7-13(8-4-11)21(19,20)17-10(2)14(18)16-12-5-6-12/h3-4,7-10,12,17H,5-6,15H2,1-2H3,(H,16,18). The first-order chi connectivity index (χ1) is 9.79. The number of sulfonamides is 1. The first kappa shape index (κ1) is 15.9. The highest BCUT2D eigenvalue weighted by molar-refractivity contribution is 7.89. The highest BCUT2D eigenvalue weighted by atomic mass is 32.2. The van der Waals surface area contributed by atoms with Crippen LogP contribution in [0.5, 0.6) is 0 Å². The van der Waals surface area contributed by atoms with Crippen molar-refractivity contribution in [2.75, 3.05) is 0 Å². The maximum absolute atomic E-state index is 12.2. The van der Waals surface area contributed by atoms with Crippen LogP contribution in [0, 0.1) is 0 Å². The Morgan fingerprint density at radius 2 is 1.81 bits per heavy atom. The van der Waals surface area contributed by atoms with Gasteiger partial charge in [0.05, 0.1) is 10.9 Å². The Morgan fingerprint density at radius 1 is 1.24 bits per heavy atom. The van der Waals surface area contributed by atoms with Gasteiger partial charge in [-0.3, -0.25) is 4.79 Å². The average Bonchev–Trinajstić information content (AvgIpc) is 3.22. The van der Waals surface area contributed by atoms with Crippen LogP contribution in [0.3, 0.4) is 0 Å². The summed E-state index contributed by atoms with van der Waals surface area (Å²) in [5.74, 6) is -0.298. The molecule has 2 atom stereocenters. The summed E-state index contributed by atoms with van der Waals surface area (Å²) in [6.07, 6.45) is 1.92. The lowest BCUT2D eigenvalue weighted by Crippen LogP contribution is -2.45. The van der Waals surface area contributed by atoms with E-state index in [1.54, 1.807) is 12.1 Å². The van der Waals surface area contributed by atoms with Gasteiger partial charge in [0.2, 0.25) is 15.9 Å². The van der Waals surface area contributed by atoms with Crippen LogP contribution in [0.15, 0.2) is 29.2 Å². The van der Waals surface area contributed by atoms with E-state index in [9.17, 15) is 13.2 Å². The van der Waals surface area contributed by atoms with E-state index in [4.69, 9.17) is 5.73 Å². The molecular weight excluding hydrogens is 290 g/mol. The van der Waals surface area contributed by atoms with Gasteiger partial charge in [-0.15, -0.1) is 0 Å². The van der Waals surface area contributed by atoms with E-state index in [-0.39, 0.29) is 22.9 Å².